The van der Waals surface area contributed by atoms with E-state index in [4.69, 9.17) is 10.5 Å². The minimum atomic E-state index is 0.138. The molecule has 10 heteroatoms. The number of methoxy groups -OCH3 is 1. The summed E-state index contributed by atoms with van der Waals surface area (Å²) in [6.45, 7) is 4.14. The van der Waals surface area contributed by atoms with Gasteiger partial charge in [0.25, 0.3) is 0 Å². The van der Waals surface area contributed by atoms with Crippen molar-refractivity contribution in [3.63, 3.8) is 0 Å². The first-order valence-electron chi connectivity index (χ1n) is 9.54. The van der Waals surface area contributed by atoms with Gasteiger partial charge in [-0.05, 0) is 37.6 Å². The van der Waals surface area contributed by atoms with Crippen molar-refractivity contribution in [3.05, 3.63) is 65.7 Å². The molecule has 0 bridgehead atoms. The van der Waals surface area contributed by atoms with E-state index in [-0.39, 0.29) is 5.95 Å². The van der Waals surface area contributed by atoms with Gasteiger partial charge in [-0.2, -0.15) is 15.0 Å². The lowest BCUT2D eigenvalue weighted by Gasteiger charge is -2.11. The van der Waals surface area contributed by atoms with Gasteiger partial charge in [0.15, 0.2) is 5.16 Å². The van der Waals surface area contributed by atoms with Crippen LogP contribution in [0.5, 0.6) is 5.75 Å². The average molecular weight is 435 g/mol. The van der Waals surface area contributed by atoms with E-state index in [9.17, 15) is 0 Å². The second-order valence-corrected chi connectivity index (χ2v) is 7.76. The predicted molar refractivity (Wildman–Crippen MR) is 121 cm³/mol. The van der Waals surface area contributed by atoms with E-state index in [0.29, 0.717) is 23.3 Å². The first kappa shape index (κ1) is 20.6. The highest BCUT2D eigenvalue weighted by molar-refractivity contribution is 7.98. The van der Waals surface area contributed by atoms with E-state index >= 15 is 0 Å². The number of hydrogen-bond acceptors (Lipinski definition) is 9. The van der Waals surface area contributed by atoms with Crippen molar-refractivity contribution in [1.29, 1.82) is 0 Å². The van der Waals surface area contributed by atoms with Gasteiger partial charge in [0.2, 0.25) is 11.9 Å². The molecular formula is C21H22N8OS. The fourth-order valence-corrected chi connectivity index (χ4v) is 3.90. The number of aromatic nitrogens is 6. The Morgan fingerprint density at radius 1 is 1.10 bits per heavy atom. The molecule has 158 valence electrons. The molecule has 0 spiro atoms. The number of rotatable bonds is 7. The standard InChI is InChI=1S/C21H22N8OS/c1-13-8-9-16(14(2)10-13)29-12-23-28-21(29)31-11-18-25-19(22)27-20(26-18)24-15-6-4-5-7-17(15)30-3/h4-10,12H,11H2,1-3H3,(H3,22,24,25,26,27). The maximum absolute atomic E-state index is 5.91. The predicted octanol–water partition coefficient (Wildman–Crippen LogP) is 3.70. The normalized spacial score (nSPS) is 10.8. The highest BCUT2D eigenvalue weighted by Crippen LogP contribution is 2.27. The molecule has 0 amide bonds. The highest BCUT2D eigenvalue weighted by Gasteiger charge is 2.13. The van der Waals surface area contributed by atoms with Gasteiger partial charge in [0.1, 0.15) is 17.9 Å². The van der Waals surface area contributed by atoms with Crippen LogP contribution in [0.3, 0.4) is 0 Å². The number of nitrogens with two attached hydrogens (primary N) is 1. The Morgan fingerprint density at radius 2 is 1.94 bits per heavy atom. The van der Waals surface area contributed by atoms with Crippen molar-refractivity contribution in [3.8, 4) is 11.4 Å². The SMILES string of the molecule is COc1ccccc1Nc1nc(N)nc(CSc2nncn2-c2ccc(C)cc2C)n1. The molecule has 0 saturated heterocycles. The molecule has 2 aromatic carbocycles. The molecule has 0 aliphatic heterocycles. The van der Waals surface area contributed by atoms with Crippen molar-refractivity contribution in [2.24, 2.45) is 0 Å². The minimum Gasteiger partial charge on any atom is -0.495 e. The van der Waals surface area contributed by atoms with Gasteiger partial charge in [-0.1, -0.05) is 41.6 Å². The average Bonchev–Trinajstić information content (AvgIpc) is 3.20. The number of anilines is 3. The molecule has 4 rings (SSSR count). The molecule has 0 unspecified atom stereocenters. The smallest absolute Gasteiger partial charge is 0.232 e. The summed E-state index contributed by atoms with van der Waals surface area (Å²) in [7, 11) is 1.61. The van der Waals surface area contributed by atoms with Crippen LogP contribution in [-0.2, 0) is 5.75 Å². The molecule has 9 nitrogen and oxygen atoms in total. The zero-order valence-corrected chi connectivity index (χ0v) is 18.2. The number of benzene rings is 2. The van der Waals surface area contributed by atoms with Crippen LogP contribution in [0, 0.1) is 13.8 Å². The van der Waals surface area contributed by atoms with Crippen LogP contribution in [0.4, 0.5) is 17.6 Å². The van der Waals surface area contributed by atoms with Crippen LogP contribution < -0.4 is 15.8 Å². The summed E-state index contributed by atoms with van der Waals surface area (Å²) in [5.41, 5.74) is 10.0. The van der Waals surface area contributed by atoms with Crippen molar-refractivity contribution >= 4 is 29.3 Å². The van der Waals surface area contributed by atoms with Crippen LogP contribution in [0.15, 0.2) is 53.9 Å². The number of thioether (sulfide) groups is 1. The monoisotopic (exact) mass is 434 g/mol. The minimum absolute atomic E-state index is 0.138. The summed E-state index contributed by atoms with van der Waals surface area (Å²) >= 11 is 1.47. The zero-order valence-electron chi connectivity index (χ0n) is 17.4. The van der Waals surface area contributed by atoms with Gasteiger partial charge >= 0.3 is 0 Å². The third-order valence-electron chi connectivity index (χ3n) is 4.51. The quantitative estimate of drug-likeness (QED) is 0.420. The molecule has 2 aromatic heterocycles. The first-order valence-corrected chi connectivity index (χ1v) is 10.5. The zero-order chi connectivity index (χ0) is 21.8. The number of para-hydroxylation sites is 2. The number of ether oxygens (including phenoxy) is 1. The lowest BCUT2D eigenvalue weighted by molar-refractivity contribution is 0.417. The fraction of sp³-hybridized carbons (Fsp3) is 0.190. The summed E-state index contributed by atoms with van der Waals surface area (Å²) in [6, 6.07) is 13.8. The summed E-state index contributed by atoms with van der Waals surface area (Å²) in [6.07, 6.45) is 1.70. The lowest BCUT2D eigenvalue weighted by atomic mass is 10.1. The molecule has 4 aromatic rings. The number of aryl methyl sites for hydroxylation is 2. The molecule has 0 saturated carbocycles. The van der Waals surface area contributed by atoms with Gasteiger partial charge < -0.3 is 15.8 Å². The fourth-order valence-electron chi connectivity index (χ4n) is 3.12. The summed E-state index contributed by atoms with van der Waals surface area (Å²) in [5, 5.41) is 12.2. The first-order chi connectivity index (χ1) is 15.0. The van der Waals surface area contributed by atoms with Gasteiger partial charge in [-0.25, -0.2) is 0 Å². The van der Waals surface area contributed by atoms with Gasteiger partial charge in [0, 0.05) is 0 Å². The van der Waals surface area contributed by atoms with Crippen LogP contribution >= 0.6 is 11.8 Å². The Balaban J connectivity index is 1.53. The van der Waals surface area contributed by atoms with Crippen molar-refractivity contribution in [2.45, 2.75) is 24.8 Å². The summed E-state index contributed by atoms with van der Waals surface area (Å²) in [4.78, 5) is 12.9. The van der Waals surface area contributed by atoms with E-state index in [0.717, 1.165) is 22.1 Å². The van der Waals surface area contributed by atoms with Crippen molar-refractivity contribution < 1.29 is 4.74 Å². The number of hydrogen-bond donors (Lipinski definition) is 2. The number of nitrogen functional groups attached to an aromatic ring is 1. The van der Waals surface area contributed by atoms with E-state index in [1.807, 2.05) is 28.8 Å². The molecular weight excluding hydrogens is 412 g/mol. The Kier molecular flexibility index (Phi) is 5.99. The molecule has 31 heavy (non-hydrogen) atoms. The third kappa shape index (κ3) is 4.75. The maximum atomic E-state index is 5.91. The van der Waals surface area contributed by atoms with E-state index in [1.165, 1.54) is 17.3 Å². The summed E-state index contributed by atoms with van der Waals surface area (Å²) in [5.74, 6) is 2.16. The third-order valence-corrected chi connectivity index (χ3v) is 5.45. The van der Waals surface area contributed by atoms with Gasteiger partial charge in [-0.3, -0.25) is 4.57 Å². The van der Waals surface area contributed by atoms with E-state index in [2.05, 4.69) is 62.5 Å². The van der Waals surface area contributed by atoms with Crippen molar-refractivity contribution in [2.75, 3.05) is 18.2 Å². The largest absolute Gasteiger partial charge is 0.495 e. The second kappa shape index (κ2) is 9.00. The number of nitrogens with one attached hydrogen (secondary N) is 1. The lowest BCUT2D eigenvalue weighted by Crippen LogP contribution is -2.07. The molecule has 0 aliphatic carbocycles. The molecule has 3 N–H and O–H groups in total. The number of nitrogens with zero attached hydrogens (tertiary/aromatic N) is 6. The van der Waals surface area contributed by atoms with E-state index in [1.54, 1.807) is 13.4 Å². The Bertz CT molecular complexity index is 1210. The maximum Gasteiger partial charge on any atom is 0.232 e. The van der Waals surface area contributed by atoms with Crippen LogP contribution in [0.25, 0.3) is 5.69 Å². The van der Waals surface area contributed by atoms with E-state index < -0.39 is 0 Å². The molecule has 2 heterocycles. The van der Waals surface area contributed by atoms with Gasteiger partial charge in [-0.15, -0.1) is 10.2 Å². The molecule has 0 aliphatic rings. The summed E-state index contributed by atoms with van der Waals surface area (Å²) < 4.78 is 7.32. The molecule has 0 radical (unpaired) electrons. The van der Waals surface area contributed by atoms with Crippen LogP contribution in [-0.4, -0.2) is 36.8 Å². The van der Waals surface area contributed by atoms with Crippen LogP contribution in [0.2, 0.25) is 0 Å². The van der Waals surface area contributed by atoms with Crippen molar-refractivity contribution in [1.82, 2.24) is 29.7 Å². The Labute approximate surface area is 184 Å². The topological polar surface area (TPSA) is 117 Å². The highest BCUT2D eigenvalue weighted by atomic mass is 32.2. The Morgan fingerprint density at radius 3 is 2.74 bits per heavy atom. The van der Waals surface area contributed by atoms with Gasteiger partial charge in [0.05, 0.1) is 24.2 Å². The molecule has 0 fully saturated rings. The van der Waals surface area contributed by atoms with Crippen LogP contribution in [0.1, 0.15) is 17.0 Å². The Hall–Kier alpha value is -3.66. The second-order valence-electron chi connectivity index (χ2n) is 6.82. The molecule has 0 atom stereocenters.